The van der Waals surface area contributed by atoms with Crippen LogP contribution >= 0.6 is 27.3 Å². The van der Waals surface area contributed by atoms with Crippen LogP contribution in [0.5, 0.6) is 0 Å². The van der Waals surface area contributed by atoms with E-state index in [1.807, 2.05) is 18.2 Å². The highest BCUT2D eigenvalue weighted by molar-refractivity contribution is 9.10. The lowest BCUT2D eigenvalue weighted by atomic mass is 9.96. The van der Waals surface area contributed by atoms with Crippen LogP contribution in [-0.4, -0.2) is 20.7 Å². The Hall–Kier alpha value is -1.99. The number of hydrogen-bond donors (Lipinski definition) is 1. The number of anilines is 1. The molecule has 0 radical (unpaired) electrons. The highest BCUT2D eigenvalue weighted by Gasteiger charge is 2.35. The zero-order valence-electron chi connectivity index (χ0n) is 14.3. The van der Waals surface area contributed by atoms with Gasteiger partial charge in [0.25, 0.3) is 0 Å². The fraction of sp³-hybridized carbons (Fsp3) is 0.316. The van der Waals surface area contributed by atoms with Crippen molar-refractivity contribution in [1.82, 2.24) is 14.8 Å². The molecule has 26 heavy (non-hydrogen) atoms. The summed E-state index contributed by atoms with van der Waals surface area (Å²) in [6.45, 7) is 1.52. The number of fused-ring (bicyclic) bond motifs is 3. The second kappa shape index (κ2) is 6.03. The third-order valence-electron chi connectivity index (χ3n) is 4.87. The van der Waals surface area contributed by atoms with Crippen LogP contribution in [-0.2, 0) is 17.6 Å². The van der Waals surface area contributed by atoms with Gasteiger partial charge >= 0.3 is 0 Å². The first-order valence-electron chi connectivity index (χ1n) is 8.76. The monoisotopic (exact) mass is 428 g/mol. The number of nitrogens with one attached hydrogen (secondary N) is 1. The van der Waals surface area contributed by atoms with Crippen molar-refractivity contribution >= 4 is 38.3 Å². The van der Waals surface area contributed by atoms with E-state index in [9.17, 15) is 4.79 Å². The maximum atomic E-state index is 11.4. The molecule has 7 heteroatoms. The van der Waals surface area contributed by atoms with Crippen LogP contribution in [0.4, 0.5) is 5.13 Å². The third-order valence-corrected chi connectivity index (χ3v) is 6.56. The Morgan fingerprint density at radius 1 is 1.31 bits per heavy atom. The van der Waals surface area contributed by atoms with Crippen LogP contribution in [0.2, 0.25) is 0 Å². The molecule has 2 aliphatic carbocycles. The molecule has 132 valence electrons. The number of hydrogen-bond acceptors (Lipinski definition) is 4. The zero-order valence-corrected chi connectivity index (χ0v) is 16.7. The van der Waals surface area contributed by atoms with Gasteiger partial charge in [0.2, 0.25) is 5.91 Å². The van der Waals surface area contributed by atoms with Gasteiger partial charge in [-0.2, -0.15) is 5.10 Å². The summed E-state index contributed by atoms with van der Waals surface area (Å²) in [4.78, 5) is 17.2. The van der Waals surface area contributed by atoms with E-state index in [4.69, 9.17) is 5.10 Å². The van der Waals surface area contributed by atoms with Gasteiger partial charge in [0, 0.05) is 22.9 Å². The summed E-state index contributed by atoms with van der Waals surface area (Å²) in [5, 5.41) is 8.54. The van der Waals surface area contributed by atoms with Gasteiger partial charge in [-0.15, -0.1) is 0 Å². The quantitative estimate of drug-likeness (QED) is 0.657. The molecule has 1 N–H and O–H groups in total. The van der Waals surface area contributed by atoms with Gasteiger partial charge in [-0.1, -0.05) is 23.5 Å². The highest BCUT2D eigenvalue weighted by Crippen LogP contribution is 2.48. The fourth-order valence-corrected chi connectivity index (χ4v) is 5.15. The number of carbonyl (C=O) groups excluding carboxylic acids is 1. The Bertz CT molecular complexity index is 1030. The lowest BCUT2D eigenvalue weighted by Crippen LogP contribution is -2.07. The first-order chi connectivity index (χ1) is 12.6. The molecule has 2 aliphatic rings. The summed E-state index contributed by atoms with van der Waals surface area (Å²) in [6.07, 6.45) is 4.32. The Balaban J connectivity index is 1.72. The van der Waals surface area contributed by atoms with Crippen molar-refractivity contribution in [3.05, 3.63) is 45.7 Å². The smallest absolute Gasteiger partial charge is 0.223 e. The summed E-state index contributed by atoms with van der Waals surface area (Å²) >= 11 is 5.22. The number of rotatable bonds is 3. The number of aromatic nitrogens is 3. The lowest BCUT2D eigenvalue weighted by Gasteiger charge is -2.14. The number of benzene rings is 1. The second-order valence-electron chi connectivity index (χ2n) is 6.83. The van der Waals surface area contributed by atoms with E-state index in [1.54, 1.807) is 11.3 Å². The van der Waals surface area contributed by atoms with Crippen molar-refractivity contribution in [3.8, 4) is 16.3 Å². The summed E-state index contributed by atoms with van der Waals surface area (Å²) in [5.74, 6) is 0.506. The van der Waals surface area contributed by atoms with Crippen molar-refractivity contribution in [1.29, 1.82) is 0 Å². The Morgan fingerprint density at radius 2 is 2.12 bits per heavy atom. The highest BCUT2D eigenvalue weighted by atomic mass is 79.9. The minimum atomic E-state index is -0.0886. The van der Waals surface area contributed by atoms with Crippen LogP contribution < -0.4 is 5.32 Å². The predicted octanol–water partition coefficient (Wildman–Crippen LogP) is 4.69. The van der Waals surface area contributed by atoms with Gasteiger partial charge in [-0.25, -0.2) is 9.67 Å². The molecule has 1 amide bonds. The number of halogens is 1. The summed E-state index contributed by atoms with van der Waals surface area (Å²) in [5.41, 5.74) is 5.85. The van der Waals surface area contributed by atoms with Crippen LogP contribution in [0.25, 0.3) is 16.3 Å². The van der Waals surface area contributed by atoms with Crippen molar-refractivity contribution in [2.24, 2.45) is 0 Å². The van der Waals surface area contributed by atoms with E-state index in [2.05, 4.69) is 37.0 Å². The largest absolute Gasteiger partial charge is 0.302 e. The van der Waals surface area contributed by atoms with Crippen molar-refractivity contribution < 1.29 is 4.79 Å². The zero-order chi connectivity index (χ0) is 17.8. The van der Waals surface area contributed by atoms with E-state index in [-0.39, 0.29) is 5.91 Å². The average molecular weight is 429 g/mol. The number of carbonyl (C=O) groups is 1. The molecule has 3 aromatic rings. The molecule has 2 heterocycles. The van der Waals surface area contributed by atoms with E-state index in [0.29, 0.717) is 11.0 Å². The van der Waals surface area contributed by atoms with Gasteiger partial charge in [0.1, 0.15) is 0 Å². The Morgan fingerprint density at radius 3 is 2.85 bits per heavy atom. The summed E-state index contributed by atoms with van der Waals surface area (Å²) < 4.78 is 3.09. The van der Waals surface area contributed by atoms with E-state index in [1.165, 1.54) is 31.0 Å². The van der Waals surface area contributed by atoms with E-state index >= 15 is 0 Å². The van der Waals surface area contributed by atoms with Crippen molar-refractivity contribution in [2.75, 3.05) is 5.32 Å². The van der Waals surface area contributed by atoms with Crippen molar-refractivity contribution in [2.45, 2.75) is 38.5 Å². The Kier molecular flexibility index (Phi) is 3.76. The topological polar surface area (TPSA) is 59.8 Å². The minimum Gasteiger partial charge on any atom is -0.302 e. The standard InChI is InChI=1S/C19H17BrN4OS/c1-10(25)21-19-22-14-9-8-12-16(11-6-7-11)23-24(17(12)18(14)26-19)15-5-3-2-4-13(15)20/h2-5,11H,6-9H2,1H3,(H,21,22,25). The molecule has 5 rings (SSSR count). The molecule has 5 nitrogen and oxygen atoms in total. The van der Waals surface area contributed by atoms with Gasteiger partial charge < -0.3 is 5.32 Å². The van der Waals surface area contributed by atoms with Crippen LogP contribution in [0.3, 0.4) is 0 Å². The molecule has 0 saturated heterocycles. The van der Waals surface area contributed by atoms with Gasteiger partial charge in [-0.05, 0) is 53.7 Å². The molecule has 0 bridgehead atoms. The molecular formula is C19H17BrN4OS. The fourth-order valence-electron chi connectivity index (χ4n) is 3.58. The van der Waals surface area contributed by atoms with E-state index < -0.39 is 0 Å². The molecule has 1 aromatic carbocycles. The molecule has 1 fully saturated rings. The maximum absolute atomic E-state index is 11.4. The molecular weight excluding hydrogens is 412 g/mol. The number of para-hydroxylation sites is 1. The van der Waals surface area contributed by atoms with Crippen LogP contribution in [0.15, 0.2) is 28.7 Å². The van der Waals surface area contributed by atoms with Gasteiger partial charge in [0.15, 0.2) is 5.13 Å². The number of amides is 1. The number of nitrogens with zero attached hydrogens (tertiary/aromatic N) is 3. The summed E-state index contributed by atoms with van der Waals surface area (Å²) in [7, 11) is 0. The molecule has 1 saturated carbocycles. The maximum Gasteiger partial charge on any atom is 0.223 e. The first kappa shape index (κ1) is 16.2. The van der Waals surface area contributed by atoms with E-state index in [0.717, 1.165) is 39.3 Å². The first-order valence-corrected chi connectivity index (χ1v) is 10.4. The lowest BCUT2D eigenvalue weighted by molar-refractivity contribution is -0.114. The van der Waals surface area contributed by atoms with Crippen LogP contribution in [0.1, 0.15) is 42.6 Å². The Labute approximate surface area is 163 Å². The summed E-state index contributed by atoms with van der Waals surface area (Å²) in [6, 6.07) is 8.17. The normalized spacial score (nSPS) is 15.5. The molecule has 0 spiro atoms. The third kappa shape index (κ3) is 2.61. The molecule has 0 atom stereocenters. The SMILES string of the molecule is CC(=O)Nc1nc2c(s1)-c1c(c(C3CC3)nn1-c1ccccc1Br)CC2. The minimum absolute atomic E-state index is 0.0886. The average Bonchev–Trinajstić information content (AvgIpc) is 3.25. The van der Waals surface area contributed by atoms with Gasteiger partial charge in [-0.3, -0.25) is 4.79 Å². The predicted molar refractivity (Wildman–Crippen MR) is 106 cm³/mol. The second-order valence-corrected chi connectivity index (χ2v) is 8.68. The van der Waals surface area contributed by atoms with Gasteiger partial charge in [0.05, 0.1) is 27.6 Å². The van der Waals surface area contributed by atoms with Crippen molar-refractivity contribution in [3.63, 3.8) is 0 Å². The molecule has 0 aliphatic heterocycles. The molecule has 0 unspecified atom stereocenters. The number of thiazole rings is 1. The number of aryl methyl sites for hydroxylation is 1. The molecule has 2 aromatic heterocycles. The van der Waals surface area contributed by atoms with Crippen LogP contribution in [0, 0.1) is 0 Å².